The monoisotopic (exact) mass is 505 g/mol. The summed E-state index contributed by atoms with van der Waals surface area (Å²) in [5.41, 5.74) is 1.16. The van der Waals surface area contributed by atoms with Crippen molar-refractivity contribution in [2.24, 2.45) is 5.92 Å². The number of amides is 3. The van der Waals surface area contributed by atoms with E-state index in [1.54, 1.807) is 53.4 Å². The van der Waals surface area contributed by atoms with Crippen LogP contribution in [-0.2, 0) is 14.4 Å². The van der Waals surface area contributed by atoms with Crippen LogP contribution in [-0.4, -0.2) is 37.4 Å². The van der Waals surface area contributed by atoms with Crippen LogP contribution >= 0.6 is 27.5 Å². The highest BCUT2D eigenvalue weighted by Crippen LogP contribution is 2.28. The third kappa shape index (κ3) is 6.08. The van der Waals surface area contributed by atoms with Gasteiger partial charge in [0.15, 0.2) is 6.61 Å². The summed E-state index contributed by atoms with van der Waals surface area (Å²) in [6, 6.07) is 11.9. The van der Waals surface area contributed by atoms with E-state index in [1.165, 1.54) is 0 Å². The number of hydrogen-bond donors (Lipinski definition) is 2. The summed E-state index contributed by atoms with van der Waals surface area (Å²) in [6.07, 6.45) is 1.76. The normalized spacial score (nSPS) is 15.5. The first-order valence-corrected chi connectivity index (χ1v) is 10.7. The Morgan fingerprint density at radius 2 is 2.00 bits per heavy atom. The maximum Gasteiger partial charge on any atom is 0.262 e. The van der Waals surface area contributed by atoms with Gasteiger partial charge in [0.25, 0.3) is 5.91 Å². The Hall–Kier alpha value is -2.84. The van der Waals surface area contributed by atoms with Crippen molar-refractivity contribution in [1.29, 1.82) is 0 Å². The van der Waals surface area contributed by atoms with E-state index in [1.807, 2.05) is 0 Å². The molecule has 0 aromatic heterocycles. The minimum atomic E-state index is -0.391. The largest absolute Gasteiger partial charge is 0.484 e. The van der Waals surface area contributed by atoms with Gasteiger partial charge in [0.1, 0.15) is 5.75 Å². The molecule has 3 amide bonds. The van der Waals surface area contributed by atoms with Crippen LogP contribution < -0.4 is 20.3 Å². The van der Waals surface area contributed by atoms with Gasteiger partial charge >= 0.3 is 0 Å². The minimum Gasteiger partial charge on any atom is -0.484 e. The van der Waals surface area contributed by atoms with Crippen molar-refractivity contribution in [2.75, 3.05) is 29.9 Å². The van der Waals surface area contributed by atoms with Gasteiger partial charge in [-0.1, -0.05) is 33.6 Å². The van der Waals surface area contributed by atoms with Gasteiger partial charge in [-0.05, 0) is 42.5 Å². The summed E-state index contributed by atoms with van der Waals surface area (Å²) < 4.78 is 6.32. The second kappa shape index (κ2) is 10.5. The lowest BCUT2D eigenvalue weighted by Crippen LogP contribution is -2.32. The highest BCUT2D eigenvalue weighted by molar-refractivity contribution is 9.10. The van der Waals surface area contributed by atoms with Crippen molar-refractivity contribution in [1.82, 2.24) is 5.32 Å². The average Bonchev–Trinajstić information content (AvgIpc) is 3.14. The Labute approximate surface area is 193 Å². The lowest BCUT2D eigenvalue weighted by atomic mass is 10.1. The van der Waals surface area contributed by atoms with Crippen molar-refractivity contribution >= 4 is 56.6 Å². The van der Waals surface area contributed by atoms with E-state index < -0.39 is 5.92 Å². The van der Waals surface area contributed by atoms with Crippen molar-refractivity contribution in [2.45, 2.75) is 6.42 Å². The molecule has 31 heavy (non-hydrogen) atoms. The molecule has 0 radical (unpaired) electrons. The number of carbonyl (C=O) groups is 3. The minimum absolute atomic E-state index is 0.113. The standard InChI is InChI=1S/C22H21BrClN3O4/c1-2-9-25-22(30)14-10-21(29)27(12-14)16-4-6-17(7-5-16)31-13-20(28)26-19-8-3-15(23)11-18(19)24/h2-8,11,14H,1,9-10,12-13H2,(H,25,30)(H,26,28)/t14-/m0/s1. The Morgan fingerprint density at radius 3 is 2.68 bits per heavy atom. The third-order valence-corrected chi connectivity index (χ3v) is 5.45. The first-order chi connectivity index (χ1) is 14.9. The van der Waals surface area contributed by atoms with Crippen molar-refractivity contribution in [3.05, 3.63) is 64.6 Å². The van der Waals surface area contributed by atoms with E-state index in [9.17, 15) is 14.4 Å². The molecule has 1 heterocycles. The molecule has 2 aromatic rings. The first-order valence-electron chi connectivity index (χ1n) is 9.54. The quantitative estimate of drug-likeness (QED) is 0.534. The molecular formula is C22H21BrClN3O4. The van der Waals surface area contributed by atoms with E-state index >= 15 is 0 Å². The Kier molecular flexibility index (Phi) is 7.70. The summed E-state index contributed by atoms with van der Waals surface area (Å²) in [5, 5.41) is 5.82. The molecule has 9 heteroatoms. The SMILES string of the molecule is C=CCNC(=O)[C@H]1CC(=O)N(c2ccc(OCC(=O)Nc3ccc(Br)cc3Cl)cc2)C1. The van der Waals surface area contributed by atoms with E-state index in [0.717, 1.165) is 4.47 Å². The number of rotatable bonds is 8. The predicted octanol–water partition coefficient (Wildman–Crippen LogP) is 3.78. The number of nitrogens with one attached hydrogen (secondary N) is 2. The predicted molar refractivity (Wildman–Crippen MR) is 123 cm³/mol. The summed E-state index contributed by atoms with van der Waals surface area (Å²) in [4.78, 5) is 38.1. The molecule has 0 saturated carbocycles. The highest BCUT2D eigenvalue weighted by atomic mass is 79.9. The molecule has 1 atom stereocenters. The topological polar surface area (TPSA) is 87.7 Å². The molecule has 2 N–H and O–H groups in total. The molecule has 0 aliphatic carbocycles. The van der Waals surface area contributed by atoms with Gasteiger partial charge in [-0.25, -0.2) is 0 Å². The molecule has 162 valence electrons. The summed E-state index contributed by atoms with van der Waals surface area (Å²) in [7, 11) is 0. The van der Waals surface area contributed by atoms with Crippen molar-refractivity contribution < 1.29 is 19.1 Å². The van der Waals surface area contributed by atoms with Gasteiger partial charge in [0, 0.05) is 29.7 Å². The van der Waals surface area contributed by atoms with Crippen molar-refractivity contribution in [3.8, 4) is 5.75 Å². The maximum atomic E-state index is 12.3. The van der Waals surface area contributed by atoms with E-state index in [-0.39, 0.29) is 30.7 Å². The molecule has 1 aliphatic rings. The van der Waals surface area contributed by atoms with Gasteiger partial charge in [-0.2, -0.15) is 0 Å². The van der Waals surface area contributed by atoms with E-state index in [4.69, 9.17) is 16.3 Å². The zero-order valence-electron chi connectivity index (χ0n) is 16.6. The smallest absolute Gasteiger partial charge is 0.262 e. The number of hydrogen-bond acceptors (Lipinski definition) is 4. The second-order valence-corrected chi connectivity index (χ2v) is 8.22. The van der Waals surface area contributed by atoms with Crippen LogP contribution in [0.1, 0.15) is 6.42 Å². The molecule has 0 spiro atoms. The molecule has 2 aromatic carbocycles. The van der Waals surface area contributed by atoms with Crippen LogP contribution in [0.2, 0.25) is 5.02 Å². The molecule has 3 rings (SSSR count). The fourth-order valence-corrected chi connectivity index (χ4v) is 3.82. The fraction of sp³-hybridized carbons (Fsp3) is 0.227. The second-order valence-electron chi connectivity index (χ2n) is 6.89. The molecule has 7 nitrogen and oxygen atoms in total. The molecule has 1 saturated heterocycles. The van der Waals surface area contributed by atoms with Crippen LogP contribution in [0.25, 0.3) is 0 Å². The first kappa shape index (κ1) is 22.8. The number of nitrogens with zero attached hydrogens (tertiary/aromatic N) is 1. The molecule has 1 aliphatic heterocycles. The molecular weight excluding hydrogens is 486 g/mol. The Balaban J connectivity index is 1.53. The summed E-state index contributed by atoms with van der Waals surface area (Å²) >= 11 is 9.40. The zero-order chi connectivity index (χ0) is 22.4. The third-order valence-electron chi connectivity index (χ3n) is 4.64. The zero-order valence-corrected chi connectivity index (χ0v) is 18.9. The average molecular weight is 507 g/mol. The number of benzene rings is 2. The lowest BCUT2D eigenvalue weighted by molar-refractivity contribution is -0.126. The van der Waals surface area contributed by atoms with Gasteiger partial charge in [0.05, 0.1) is 16.6 Å². The van der Waals surface area contributed by atoms with Gasteiger partial charge < -0.3 is 20.3 Å². The van der Waals surface area contributed by atoms with Crippen LogP contribution in [0.3, 0.4) is 0 Å². The summed E-state index contributed by atoms with van der Waals surface area (Å²) in [6.45, 7) is 4.06. The number of halogens is 2. The van der Waals surface area contributed by atoms with Crippen LogP contribution in [0.15, 0.2) is 59.6 Å². The number of ether oxygens (including phenoxy) is 1. The molecule has 0 bridgehead atoms. The summed E-state index contributed by atoms with van der Waals surface area (Å²) in [5.74, 6) is -0.535. The van der Waals surface area contributed by atoms with E-state index in [0.29, 0.717) is 35.2 Å². The highest BCUT2D eigenvalue weighted by Gasteiger charge is 2.34. The van der Waals surface area contributed by atoms with Crippen LogP contribution in [0, 0.1) is 5.92 Å². The van der Waals surface area contributed by atoms with Crippen LogP contribution in [0.4, 0.5) is 11.4 Å². The molecule has 0 unspecified atom stereocenters. The fourth-order valence-electron chi connectivity index (χ4n) is 3.10. The van der Waals surface area contributed by atoms with Gasteiger partial charge in [-0.15, -0.1) is 6.58 Å². The Morgan fingerprint density at radius 1 is 1.26 bits per heavy atom. The molecule has 1 fully saturated rings. The van der Waals surface area contributed by atoms with Gasteiger partial charge in [0.2, 0.25) is 11.8 Å². The number of anilines is 2. The lowest BCUT2D eigenvalue weighted by Gasteiger charge is -2.17. The van der Waals surface area contributed by atoms with Crippen LogP contribution in [0.5, 0.6) is 5.75 Å². The maximum absolute atomic E-state index is 12.3. The van der Waals surface area contributed by atoms with Crippen molar-refractivity contribution in [3.63, 3.8) is 0 Å². The number of carbonyl (C=O) groups excluding carboxylic acids is 3. The van der Waals surface area contributed by atoms with E-state index in [2.05, 4.69) is 33.1 Å². The van der Waals surface area contributed by atoms with Gasteiger partial charge in [-0.3, -0.25) is 14.4 Å². The Bertz CT molecular complexity index is 997.